The molecule has 2 saturated heterocycles. The van der Waals surface area contributed by atoms with E-state index in [9.17, 15) is 19.5 Å². The van der Waals surface area contributed by atoms with Crippen molar-refractivity contribution >= 4 is 52.5 Å². The summed E-state index contributed by atoms with van der Waals surface area (Å²) in [6.45, 7) is 5.17. The first-order chi connectivity index (χ1) is 20.2. The number of thioether (sulfide) groups is 1. The van der Waals surface area contributed by atoms with Crippen LogP contribution < -0.4 is 9.80 Å². The number of carbonyl (C=O) groups excluding carboxylic acids is 3. The second-order valence-corrected chi connectivity index (χ2v) is 14.0. The number of rotatable bonds is 7. The third-order valence-corrected chi connectivity index (χ3v) is 11.2. The number of fused-ring (bicyclic) bond motifs is 2. The van der Waals surface area contributed by atoms with Gasteiger partial charge in [-0.15, -0.1) is 11.8 Å². The van der Waals surface area contributed by atoms with Crippen LogP contribution >= 0.6 is 23.4 Å². The van der Waals surface area contributed by atoms with Crippen molar-refractivity contribution in [2.24, 2.45) is 11.8 Å². The lowest BCUT2D eigenvalue weighted by molar-refractivity contribution is -0.139. The van der Waals surface area contributed by atoms with Gasteiger partial charge in [0.2, 0.25) is 11.8 Å². The van der Waals surface area contributed by atoms with E-state index in [0.29, 0.717) is 43.2 Å². The molecule has 6 rings (SSSR count). The second kappa shape index (κ2) is 11.2. The highest BCUT2D eigenvalue weighted by Gasteiger charge is 2.74. The summed E-state index contributed by atoms with van der Waals surface area (Å²) in [5.41, 5.74) is 2.32. The summed E-state index contributed by atoms with van der Waals surface area (Å²) in [4.78, 5) is 49.0. The Morgan fingerprint density at radius 2 is 1.62 bits per heavy atom. The smallest absolute Gasteiger partial charge is 0.251 e. The number of aryl methyl sites for hydroxylation is 1. The molecule has 42 heavy (non-hydrogen) atoms. The third-order valence-electron chi connectivity index (χ3n) is 9.14. The molecule has 2 fully saturated rings. The van der Waals surface area contributed by atoms with E-state index in [0.717, 1.165) is 17.7 Å². The number of carbonyl (C=O) groups is 3. The SMILES string of the molecule is Cc1cccc(Cl)c1N1CC=C[C@]23S[C@@]4(C)C=CCN(c5ccccc5)C(=O)[C@H]4[C@H]2C(=O)N(CCCCCO)C3C1=O. The number of benzene rings is 2. The molecule has 0 radical (unpaired) electrons. The Morgan fingerprint density at radius 3 is 2.36 bits per heavy atom. The summed E-state index contributed by atoms with van der Waals surface area (Å²) in [7, 11) is 0. The predicted molar refractivity (Wildman–Crippen MR) is 168 cm³/mol. The van der Waals surface area contributed by atoms with Crippen LogP contribution in [0.5, 0.6) is 0 Å². The fraction of sp³-hybridized carbons (Fsp3) is 0.424. The van der Waals surface area contributed by atoms with Crippen molar-refractivity contribution < 1.29 is 19.5 Å². The normalized spacial score (nSPS) is 30.3. The van der Waals surface area contributed by atoms with Crippen LogP contribution in [0.4, 0.5) is 11.4 Å². The van der Waals surface area contributed by atoms with E-state index >= 15 is 0 Å². The highest BCUT2D eigenvalue weighted by molar-refractivity contribution is 8.02. The topological polar surface area (TPSA) is 81.2 Å². The number of hydrogen-bond acceptors (Lipinski definition) is 5. The number of nitrogens with zero attached hydrogens (tertiary/aromatic N) is 3. The molecule has 9 heteroatoms. The van der Waals surface area contributed by atoms with Gasteiger partial charge in [-0.2, -0.15) is 0 Å². The van der Waals surface area contributed by atoms with Crippen LogP contribution in [0.2, 0.25) is 5.02 Å². The number of para-hydroxylation sites is 2. The van der Waals surface area contributed by atoms with Crippen molar-refractivity contribution in [2.75, 3.05) is 36.0 Å². The molecule has 2 aromatic rings. The quantitative estimate of drug-likeness (QED) is 0.355. The number of anilines is 2. The summed E-state index contributed by atoms with van der Waals surface area (Å²) >= 11 is 8.25. The van der Waals surface area contributed by atoms with E-state index in [4.69, 9.17) is 11.6 Å². The van der Waals surface area contributed by atoms with Crippen molar-refractivity contribution in [2.45, 2.75) is 48.6 Å². The maximum atomic E-state index is 14.7. The first-order valence-corrected chi connectivity index (χ1v) is 15.8. The van der Waals surface area contributed by atoms with E-state index in [-0.39, 0.29) is 24.3 Å². The Hall–Kier alpha value is -3.07. The Labute approximate surface area is 256 Å². The van der Waals surface area contributed by atoms with Gasteiger partial charge in [0.25, 0.3) is 5.91 Å². The van der Waals surface area contributed by atoms with Gasteiger partial charge in [0.1, 0.15) is 6.04 Å². The zero-order chi connectivity index (χ0) is 29.6. The minimum absolute atomic E-state index is 0.0810. The molecule has 1 unspecified atom stereocenters. The van der Waals surface area contributed by atoms with Gasteiger partial charge >= 0.3 is 0 Å². The van der Waals surface area contributed by atoms with E-state index in [2.05, 4.69) is 6.08 Å². The lowest BCUT2D eigenvalue weighted by Crippen LogP contribution is -2.53. The minimum atomic E-state index is -0.922. The molecule has 220 valence electrons. The van der Waals surface area contributed by atoms with Crippen LogP contribution in [0.25, 0.3) is 0 Å². The maximum Gasteiger partial charge on any atom is 0.251 e. The minimum Gasteiger partial charge on any atom is -0.396 e. The van der Waals surface area contributed by atoms with Crippen molar-refractivity contribution in [3.8, 4) is 0 Å². The highest BCUT2D eigenvalue weighted by Crippen LogP contribution is 2.65. The molecule has 1 spiro atoms. The molecule has 4 aliphatic rings. The van der Waals surface area contributed by atoms with Gasteiger partial charge < -0.3 is 19.8 Å². The molecular formula is C33H36ClN3O4S. The Balaban J connectivity index is 1.46. The van der Waals surface area contributed by atoms with Crippen molar-refractivity contribution in [1.29, 1.82) is 0 Å². The van der Waals surface area contributed by atoms with Crippen LogP contribution in [0.15, 0.2) is 72.8 Å². The lowest BCUT2D eigenvalue weighted by atomic mass is 9.74. The molecule has 3 amide bonds. The van der Waals surface area contributed by atoms with Gasteiger partial charge in [-0.05, 0) is 56.9 Å². The van der Waals surface area contributed by atoms with Crippen LogP contribution in [0.1, 0.15) is 31.7 Å². The molecule has 0 aliphatic carbocycles. The summed E-state index contributed by atoms with van der Waals surface area (Å²) < 4.78 is -1.60. The Morgan fingerprint density at radius 1 is 0.881 bits per heavy atom. The summed E-state index contributed by atoms with van der Waals surface area (Å²) in [6.07, 6.45) is 10.1. The lowest BCUT2D eigenvalue weighted by Gasteiger charge is -2.37. The van der Waals surface area contributed by atoms with Crippen LogP contribution in [-0.4, -0.2) is 69.5 Å². The summed E-state index contributed by atoms with van der Waals surface area (Å²) in [5.74, 6) is -1.79. The maximum absolute atomic E-state index is 14.7. The summed E-state index contributed by atoms with van der Waals surface area (Å²) in [5, 5.41) is 9.82. The number of amides is 3. The Bertz CT molecular complexity index is 1440. The molecule has 1 N–H and O–H groups in total. The third kappa shape index (κ3) is 4.50. The molecule has 4 heterocycles. The fourth-order valence-corrected chi connectivity index (χ4v) is 9.82. The molecule has 0 aromatic heterocycles. The molecule has 2 aromatic carbocycles. The number of hydrogen-bond donors (Lipinski definition) is 1. The number of aliphatic hydroxyl groups excluding tert-OH is 1. The first-order valence-electron chi connectivity index (χ1n) is 14.6. The largest absolute Gasteiger partial charge is 0.396 e. The number of unbranched alkanes of at least 4 members (excludes halogenated alkanes) is 2. The van der Waals surface area contributed by atoms with E-state index in [1.807, 2.05) is 74.5 Å². The van der Waals surface area contributed by atoms with Gasteiger partial charge in [-0.1, -0.05) is 66.2 Å². The van der Waals surface area contributed by atoms with Gasteiger partial charge in [-0.25, -0.2) is 0 Å². The molecule has 7 nitrogen and oxygen atoms in total. The average Bonchev–Trinajstić information content (AvgIpc) is 3.23. The molecule has 0 saturated carbocycles. The predicted octanol–water partition coefficient (Wildman–Crippen LogP) is 5.00. The van der Waals surface area contributed by atoms with Gasteiger partial charge in [-0.3, -0.25) is 14.4 Å². The van der Waals surface area contributed by atoms with Crippen molar-refractivity contribution in [1.82, 2.24) is 4.90 Å². The fourth-order valence-electron chi connectivity index (χ4n) is 7.34. The van der Waals surface area contributed by atoms with Gasteiger partial charge in [0, 0.05) is 36.7 Å². The first kappa shape index (κ1) is 29.0. The van der Waals surface area contributed by atoms with Crippen molar-refractivity contribution in [3.05, 3.63) is 83.4 Å². The van der Waals surface area contributed by atoms with E-state index in [1.54, 1.807) is 32.5 Å². The molecule has 4 aliphatic heterocycles. The van der Waals surface area contributed by atoms with Crippen LogP contribution in [-0.2, 0) is 14.4 Å². The average molecular weight is 606 g/mol. The number of likely N-dealkylation sites (tertiary alicyclic amines) is 1. The monoisotopic (exact) mass is 605 g/mol. The van der Waals surface area contributed by atoms with Crippen LogP contribution in [0.3, 0.4) is 0 Å². The zero-order valence-electron chi connectivity index (χ0n) is 23.9. The summed E-state index contributed by atoms with van der Waals surface area (Å²) in [6, 6.07) is 14.3. The highest BCUT2D eigenvalue weighted by atomic mass is 35.5. The van der Waals surface area contributed by atoms with Gasteiger partial charge in [0.05, 0.1) is 27.3 Å². The Kier molecular flexibility index (Phi) is 7.75. The number of halogens is 1. The van der Waals surface area contributed by atoms with Crippen molar-refractivity contribution in [3.63, 3.8) is 0 Å². The second-order valence-electron chi connectivity index (χ2n) is 11.8. The molecule has 0 bridgehead atoms. The van der Waals surface area contributed by atoms with E-state index < -0.39 is 27.4 Å². The molecular weight excluding hydrogens is 570 g/mol. The molecule has 5 atom stereocenters. The van der Waals surface area contributed by atoms with Gasteiger partial charge in [0.15, 0.2) is 0 Å². The van der Waals surface area contributed by atoms with Crippen LogP contribution in [0, 0.1) is 18.8 Å². The zero-order valence-corrected chi connectivity index (χ0v) is 25.5. The van der Waals surface area contributed by atoms with E-state index in [1.165, 1.54) is 0 Å². The number of aliphatic hydroxyl groups is 1. The standard InChI is InChI=1S/C33H36ClN3O4S/c1-22-12-9-15-24(34)27(22)36-20-11-17-33-26(30(40)37(28(33)31(36)41)18-7-4-8-21-38)25-29(39)35(23-13-5-3-6-14-23)19-10-16-32(25,2)42-33/h3,5-6,9-17,25-26,28,38H,4,7-8,18-21H2,1-2H3/t25-,26+,28?,32+,33+/m1/s1.